The molecule has 4 nitrogen and oxygen atoms in total. The third kappa shape index (κ3) is 3.18. The van der Waals surface area contributed by atoms with E-state index in [-0.39, 0.29) is 18.4 Å². The standard InChI is InChI=1S/C20H23N3O/c1-13(2)20-22-16-7-5-6-8-18(16)23(20)12-19(24)21-17-11-14(3)9-10-15(17)4/h5-11,13H,12H2,1-4H3,(H,21,24). The third-order valence-corrected chi connectivity index (χ3v) is 4.17. The van der Waals surface area contributed by atoms with Crippen molar-refractivity contribution in [1.82, 2.24) is 9.55 Å². The lowest BCUT2D eigenvalue weighted by molar-refractivity contribution is -0.116. The van der Waals surface area contributed by atoms with Gasteiger partial charge in [-0.2, -0.15) is 0 Å². The number of benzene rings is 2. The van der Waals surface area contributed by atoms with Crippen molar-refractivity contribution in [2.24, 2.45) is 0 Å². The molecule has 0 aliphatic heterocycles. The van der Waals surface area contributed by atoms with Crippen LogP contribution in [-0.4, -0.2) is 15.5 Å². The molecule has 0 spiro atoms. The molecule has 0 unspecified atom stereocenters. The van der Waals surface area contributed by atoms with Crippen LogP contribution >= 0.6 is 0 Å². The number of aromatic nitrogens is 2. The molecule has 0 saturated heterocycles. The van der Waals surface area contributed by atoms with E-state index < -0.39 is 0 Å². The van der Waals surface area contributed by atoms with E-state index >= 15 is 0 Å². The zero-order valence-electron chi connectivity index (χ0n) is 14.6. The molecule has 0 atom stereocenters. The second-order valence-electron chi connectivity index (χ2n) is 6.57. The number of hydrogen-bond donors (Lipinski definition) is 1. The minimum atomic E-state index is -0.0336. The Hall–Kier alpha value is -2.62. The van der Waals surface area contributed by atoms with Gasteiger partial charge in [-0.05, 0) is 43.2 Å². The minimum Gasteiger partial charge on any atom is -0.324 e. The summed E-state index contributed by atoms with van der Waals surface area (Å²) in [7, 11) is 0. The largest absolute Gasteiger partial charge is 0.324 e. The fraction of sp³-hybridized carbons (Fsp3) is 0.300. The molecule has 0 aliphatic rings. The molecule has 0 bridgehead atoms. The first-order chi connectivity index (χ1) is 11.5. The van der Waals surface area contributed by atoms with Crippen LogP contribution in [-0.2, 0) is 11.3 Å². The number of nitrogens with one attached hydrogen (secondary N) is 1. The molecule has 2 aromatic carbocycles. The number of carbonyl (C=O) groups is 1. The summed E-state index contributed by atoms with van der Waals surface area (Å²) in [5.41, 5.74) is 4.99. The van der Waals surface area contributed by atoms with Crippen LogP contribution in [0.2, 0.25) is 0 Å². The molecular formula is C20H23N3O. The van der Waals surface area contributed by atoms with Gasteiger partial charge in [-0.25, -0.2) is 4.98 Å². The Morgan fingerprint density at radius 1 is 1.17 bits per heavy atom. The molecule has 124 valence electrons. The fourth-order valence-corrected chi connectivity index (χ4v) is 2.90. The molecule has 1 heterocycles. The molecule has 0 fully saturated rings. The summed E-state index contributed by atoms with van der Waals surface area (Å²) in [5.74, 6) is 1.16. The van der Waals surface area contributed by atoms with Gasteiger partial charge >= 0.3 is 0 Å². The van der Waals surface area contributed by atoms with Crippen LogP contribution in [0.4, 0.5) is 5.69 Å². The van der Waals surface area contributed by atoms with Gasteiger partial charge in [-0.15, -0.1) is 0 Å². The Balaban J connectivity index is 1.90. The molecule has 1 aromatic heterocycles. The van der Waals surface area contributed by atoms with Crippen LogP contribution in [0.25, 0.3) is 11.0 Å². The van der Waals surface area contributed by atoms with Crippen LogP contribution < -0.4 is 5.32 Å². The number of carbonyl (C=O) groups excluding carboxylic acids is 1. The van der Waals surface area contributed by atoms with Crippen LogP contribution in [0.5, 0.6) is 0 Å². The van der Waals surface area contributed by atoms with Crippen molar-refractivity contribution in [3.8, 4) is 0 Å². The van der Waals surface area contributed by atoms with Gasteiger partial charge in [0.15, 0.2) is 0 Å². The predicted molar refractivity (Wildman–Crippen MR) is 98.4 cm³/mol. The van der Waals surface area contributed by atoms with Crippen molar-refractivity contribution in [3.05, 3.63) is 59.4 Å². The number of nitrogens with zero attached hydrogens (tertiary/aromatic N) is 2. The molecule has 0 aliphatic carbocycles. The molecule has 1 amide bonds. The van der Waals surface area contributed by atoms with Crippen molar-refractivity contribution in [2.45, 2.75) is 40.2 Å². The summed E-state index contributed by atoms with van der Waals surface area (Å²) in [5, 5.41) is 3.03. The lowest BCUT2D eigenvalue weighted by Crippen LogP contribution is -2.21. The van der Waals surface area contributed by atoms with E-state index in [1.165, 1.54) is 0 Å². The molecule has 24 heavy (non-hydrogen) atoms. The highest BCUT2D eigenvalue weighted by molar-refractivity contribution is 5.92. The normalized spacial score (nSPS) is 11.2. The number of hydrogen-bond acceptors (Lipinski definition) is 2. The maximum atomic E-state index is 12.6. The molecule has 0 saturated carbocycles. The maximum absolute atomic E-state index is 12.6. The van der Waals surface area contributed by atoms with Crippen molar-refractivity contribution in [3.63, 3.8) is 0 Å². The Morgan fingerprint density at radius 2 is 1.92 bits per heavy atom. The Morgan fingerprint density at radius 3 is 2.67 bits per heavy atom. The number of imidazole rings is 1. The fourth-order valence-electron chi connectivity index (χ4n) is 2.90. The van der Waals surface area contributed by atoms with Crippen LogP contribution in [0.15, 0.2) is 42.5 Å². The summed E-state index contributed by atoms with van der Waals surface area (Å²) in [6.07, 6.45) is 0. The summed E-state index contributed by atoms with van der Waals surface area (Å²) in [6.45, 7) is 8.48. The van der Waals surface area contributed by atoms with Crippen molar-refractivity contribution < 1.29 is 4.79 Å². The first kappa shape index (κ1) is 16.2. The second kappa shape index (κ2) is 6.48. The summed E-state index contributed by atoms with van der Waals surface area (Å²) in [4.78, 5) is 17.3. The van der Waals surface area contributed by atoms with Gasteiger partial charge < -0.3 is 9.88 Å². The van der Waals surface area contributed by atoms with E-state index in [0.29, 0.717) is 0 Å². The number of amides is 1. The van der Waals surface area contributed by atoms with Gasteiger partial charge in [0, 0.05) is 11.6 Å². The molecule has 0 radical (unpaired) electrons. The van der Waals surface area contributed by atoms with Gasteiger partial charge in [0.25, 0.3) is 0 Å². The first-order valence-corrected chi connectivity index (χ1v) is 8.28. The molecular weight excluding hydrogens is 298 g/mol. The number of anilines is 1. The Kier molecular flexibility index (Phi) is 4.38. The van der Waals surface area contributed by atoms with Crippen molar-refractivity contribution in [2.75, 3.05) is 5.32 Å². The molecule has 1 N–H and O–H groups in total. The van der Waals surface area contributed by atoms with Gasteiger partial charge in [0.2, 0.25) is 5.91 Å². The Bertz CT molecular complexity index is 893. The van der Waals surface area contributed by atoms with E-state index in [2.05, 4.69) is 24.1 Å². The summed E-state index contributed by atoms with van der Waals surface area (Å²) in [6, 6.07) is 14.0. The topological polar surface area (TPSA) is 46.9 Å². The SMILES string of the molecule is Cc1ccc(C)c(NC(=O)Cn2c(C(C)C)nc3ccccc32)c1. The van der Waals surface area contributed by atoms with Crippen molar-refractivity contribution in [1.29, 1.82) is 0 Å². The highest BCUT2D eigenvalue weighted by atomic mass is 16.1. The number of fused-ring (bicyclic) bond motifs is 1. The van der Waals surface area contributed by atoms with Crippen LogP contribution in [0, 0.1) is 13.8 Å². The molecule has 3 rings (SSSR count). The summed E-state index contributed by atoms with van der Waals surface area (Å²) < 4.78 is 2.01. The highest BCUT2D eigenvalue weighted by Crippen LogP contribution is 2.22. The lowest BCUT2D eigenvalue weighted by atomic mass is 10.1. The van der Waals surface area contributed by atoms with E-state index in [0.717, 1.165) is 33.7 Å². The van der Waals surface area contributed by atoms with E-state index in [9.17, 15) is 4.79 Å². The monoisotopic (exact) mass is 321 g/mol. The average molecular weight is 321 g/mol. The maximum Gasteiger partial charge on any atom is 0.244 e. The third-order valence-electron chi connectivity index (χ3n) is 4.17. The number of aryl methyl sites for hydroxylation is 2. The van der Waals surface area contributed by atoms with Crippen LogP contribution in [0.3, 0.4) is 0 Å². The van der Waals surface area contributed by atoms with E-state index in [4.69, 9.17) is 0 Å². The quantitative estimate of drug-likeness (QED) is 0.773. The van der Waals surface area contributed by atoms with Gasteiger partial charge in [0.1, 0.15) is 12.4 Å². The van der Waals surface area contributed by atoms with Gasteiger partial charge in [-0.1, -0.05) is 38.1 Å². The average Bonchev–Trinajstić information content (AvgIpc) is 2.90. The first-order valence-electron chi connectivity index (χ1n) is 8.28. The zero-order valence-corrected chi connectivity index (χ0v) is 14.6. The second-order valence-corrected chi connectivity index (χ2v) is 6.57. The smallest absolute Gasteiger partial charge is 0.244 e. The van der Waals surface area contributed by atoms with E-state index in [1.54, 1.807) is 0 Å². The van der Waals surface area contributed by atoms with Gasteiger partial charge in [-0.3, -0.25) is 4.79 Å². The lowest BCUT2D eigenvalue weighted by Gasteiger charge is -2.13. The Labute approximate surface area is 142 Å². The van der Waals surface area contributed by atoms with Crippen molar-refractivity contribution >= 4 is 22.6 Å². The van der Waals surface area contributed by atoms with Gasteiger partial charge in [0.05, 0.1) is 11.0 Å². The number of para-hydroxylation sites is 2. The number of rotatable bonds is 4. The van der Waals surface area contributed by atoms with E-state index in [1.807, 2.05) is 60.9 Å². The minimum absolute atomic E-state index is 0.0336. The molecule has 3 aromatic rings. The predicted octanol–water partition coefficient (Wildman–Crippen LogP) is 4.42. The zero-order chi connectivity index (χ0) is 17.3. The van der Waals surface area contributed by atoms with Crippen LogP contribution in [0.1, 0.15) is 36.7 Å². The highest BCUT2D eigenvalue weighted by Gasteiger charge is 2.16. The molecule has 4 heteroatoms. The summed E-state index contributed by atoms with van der Waals surface area (Å²) >= 11 is 0.